The fraction of sp³-hybridized carbons (Fsp3) is 0.429. The van der Waals surface area contributed by atoms with Crippen molar-refractivity contribution < 1.29 is 4.79 Å². The van der Waals surface area contributed by atoms with Crippen molar-refractivity contribution in [3.05, 3.63) is 33.8 Å². The molecule has 1 aromatic carbocycles. The van der Waals surface area contributed by atoms with Crippen molar-refractivity contribution in [2.45, 2.75) is 32.6 Å². The van der Waals surface area contributed by atoms with Crippen molar-refractivity contribution in [2.24, 2.45) is 11.7 Å². The summed E-state index contributed by atoms with van der Waals surface area (Å²) in [5, 5.41) is 1.42. The molecule has 116 valence electrons. The average Bonchev–Trinajstić information content (AvgIpc) is 2.43. The third-order valence-electron chi connectivity index (χ3n) is 3.13. The third kappa shape index (κ3) is 6.50. The van der Waals surface area contributed by atoms with Gasteiger partial charge in [-0.2, -0.15) is 0 Å². The lowest BCUT2D eigenvalue weighted by atomic mass is 10.0. The molecule has 1 amide bonds. The number of hydrogen-bond donors (Lipinski definition) is 3. The summed E-state index contributed by atoms with van der Waals surface area (Å²) in [7, 11) is 0. The maximum atomic E-state index is 11.7. The largest absolute Gasteiger partial charge is 0.375 e. The van der Waals surface area contributed by atoms with E-state index in [2.05, 4.69) is 23.1 Å². The molecule has 4 nitrogen and oxygen atoms in total. The van der Waals surface area contributed by atoms with Crippen LogP contribution in [0.15, 0.2) is 18.2 Å². The average molecular weight is 348 g/mol. The lowest BCUT2D eigenvalue weighted by molar-refractivity contribution is -0.125. The van der Waals surface area contributed by atoms with E-state index in [0.717, 1.165) is 31.2 Å². The molecule has 21 heavy (non-hydrogen) atoms. The Balaban J connectivity index is 2.30. The van der Waals surface area contributed by atoms with Crippen molar-refractivity contribution >= 4 is 46.4 Å². The first-order valence-corrected chi connectivity index (χ1v) is 7.86. The van der Waals surface area contributed by atoms with Crippen LogP contribution in [0.3, 0.4) is 0 Å². The van der Waals surface area contributed by atoms with E-state index >= 15 is 0 Å². The highest BCUT2D eigenvalue weighted by atomic mass is 35.5. The predicted molar refractivity (Wildman–Crippen MR) is 91.2 cm³/mol. The zero-order chi connectivity index (χ0) is 15.8. The monoisotopic (exact) mass is 347 g/mol. The van der Waals surface area contributed by atoms with E-state index in [-0.39, 0.29) is 16.9 Å². The highest BCUT2D eigenvalue weighted by Gasteiger charge is 2.12. The topological polar surface area (TPSA) is 67.2 Å². The van der Waals surface area contributed by atoms with Crippen LogP contribution in [-0.4, -0.2) is 11.0 Å². The predicted octanol–water partition coefficient (Wildman–Crippen LogP) is 3.21. The van der Waals surface area contributed by atoms with E-state index < -0.39 is 0 Å². The van der Waals surface area contributed by atoms with Crippen LogP contribution in [-0.2, 0) is 11.2 Å². The minimum Gasteiger partial charge on any atom is -0.375 e. The molecular formula is C14H19Cl2N3OS. The second kappa shape index (κ2) is 9.07. The zero-order valence-corrected chi connectivity index (χ0v) is 14.1. The summed E-state index contributed by atoms with van der Waals surface area (Å²) in [6, 6.07) is 5.50. The molecule has 0 aliphatic rings. The van der Waals surface area contributed by atoms with Gasteiger partial charge in [0, 0.05) is 16.0 Å². The molecule has 0 saturated carbocycles. The molecule has 1 rings (SSSR count). The molecule has 0 saturated heterocycles. The first-order chi connectivity index (χ1) is 9.91. The SMILES string of the molecule is CC(CCCCc1c(Cl)cccc1Cl)C(=O)NNC(N)=S. The quantitative estimate of drug-likeness (QED) is 0.420. The van der Waals surface area contributed by atoms with Crippen LogP contribution in [0.25, 0.3) is 0 Å². The molecule has 1 unspecified atom stereocenters. The highest BCUT2D eigenvalue weighted by Crippen LogP contribution is 2.26. The van der Waals surface area contributed by atoms with E-state index in [4.69, 9.17) is 28.9 Å². The van der Waals surface area contributed by atoms with Gasteiger partial charge in [-0.05, 0) is 49.2 Å². The van der Waals surface area contributed by atoms with Crippen molar-refractivity contribution in [3.8, 4) is 0 Å². The van der Waals surface area contributed by atoms with E-state index in [1.54, 1.807) is 0 Å². The van der Waals surface area contributed by atoms with Crippen LogP contribution in [0.2, 0.25) is 10.0 Å². The number of amides is 1. The Labute approximate surface area is 140 Å². The minimum atomic E-state index is -0.126. The maximum absolute atomic E-state index is 11.7. The lowest BCUT2D eigenvalue weighted by Gasteiger charge is -2.13. The molecule has 0 radical (unpaired) electrons. The number of nitrogens with one attached hydrogen (secondary N) is 2. The Hall–Kier alpha value is -1.04. The second-order valence-electron chi connectivity index (χ2n) is 4.83. The van der Waals surface area contributed by atoms with Crippen LogP contribution in [0.1, 0.15) is 31.7 Å². The standard InChI is InChI=1S/C14H19Cl2N3OS/c1-9(13(20)18-19-14(17)21)5-2-3-6-10-11(15)7-4-8-12(10)16/h4,7-9H,2-3,5-6H2,1H3,(H,18,20)(H3,17,19,21). The van der Waals surface area contributed by atoms with Crippen molar-refractivity contribution in [1.29, 1.82) is 0 Å². The van der Waals surface area contributed by atoms with Crippen LogP contribution in [0.5, 0.6) is 0 Å². The first-order valence-electron chi connectivity index (χ1n) is 6.70. The number of halogens is 2. The van der Waals surface area contributed by atoms with Gasteiger partial charge in [-0.1, -0.05) is 42.6 Å². The summed E-state index contributed by atoms with van der Waals surface area (Å²) in [4.78, 5) is 11.7. The Morgan fingerprint density at radius 3 is 2.48 bits per heavy atom. The van der Waals surface area contributed by atoms with E-state index in [9.17, 15) is 4.79 Å². The number of nitrogens with two attached hydrogens (primary N) is 1. The normalized spacial score (nSPS) is 11.8. The number of hydrazine groups is 1. The van der Waals surface area contributed by atoms with Crippen molar-refractivity contribution in [1.82, 2.24) is 10.9 Å². The molecule has 1 atom stereocenters. The Bertz CT molecular complexity index is 491. The molecule has 7 heteroatoms. The number of unbranched alkanes of at least 4 members (excludes halogenated alkanes) is 1. The molecule has 0 spiro atoms. The first kappa shape index (κ1) is 18.0. The summed E-state index contributed by atoms with van der Waals surface area (Å²) >= 11 is 16.8. The molecule has 0 heterocycles. The molecule has 0 fully saturated rings. The summed E-state index contributed by atoms with van der Waals surface area (Å²) < 4.78 is 0. The van der Waals surface area contributed by atoms with Crippen molar-refractivity contribution in [3.63, 3.8) is 0 Å². The summed E-state index contributed by atoms with van der Waals surface area (Å²) in [5.74, 6) is -0.243. The van der Waals surface area contributed by atoms with Gasteiger partial charge < -0.3 is 5.73 Å². The number of benzene rings is 1. The molecule has 0 aromatic heterocycles. The molecular weight excluding hydrogens is 329 g/mol. The second-order valence-corrected chi connectivity index (χ2v) is 6.08. The van der Waals surface area contributed by atoms with Crippen LogP contribution in [0, 0.1) is 5.92 Å². The zero-order valence-electron chi connectivity index (χ0n) is 11.8. The van der Waals surface area contributed by atoms with E-state index in [1.165, 1.54) is 0 Å². The molecule has 0 aliphatic carbocycles. The number of carbonyl (C=O) groups excluding carboxylic acids is 1. The van der Waals surface area contributed by atoms with Gasteiger partial charge in [0.05, 0.1) is 0 Å². The molecule has 4 N–H and O–H groups in total. The third-order valence-corrected chi connectivity index (χ3v) is 3.94. The maximum Gasteiger partial charge on any atom is 0.241 e. The van der Waals surface area contributed by atoms with Gasteiger partial charge in [-0.25, -0.2) is 0 Å². The van der Waals surface area contributed by atoms with Gasteiger partial charge >= 0.3 is 0 Å². The van der Waals surface area contributed by atoms with E-state index in [1.807, 2.05) is 25.1 Å². The summed E-state index contributed by atoms with van der Waals surface area (Å²) in [5.41, 5.74) is 11.1. The number of carbonyl (C=O) groups is 1. The van der Waals surface area contributed by atoms with Gasteiger partial charge in [0.2, 0.25) is 5.91 Å². The molecule has 1 aromatic rings. The molecule has 0 bridgehead atoms. The Kier molecular flexibility index (Phi) is 7.78. The summed E-state index contributed by atoms with van der Waals surface area (Å²) in [6.45, 7) is 1.86. The van der Waals surface area contributed by atoms with Crippen molar-refractivity contribution in [2.75, 3.05) is 0 Å². The smallest absolute Gasteiger partial charge is 0.241 e. The van der Waals surface area contributed by atoms with Gasteiger partial charge in [-0.15, -0.1) is 0 Å². The highest BCUT2D eigenvalue weighted by molar-refractivity contribution is 7.80. The Morgan fingerprint density at radius 1 is 1.29 bits per heavy atom. The van der Waals surface area contributed by atoms with Crippen LogP contribution < -0.4 is 16.6 Å². The number of hydrogen-bond acceptors (Lipinski definition) is 2. The van der Waals surface area contributed by atoms with Gasteiger partial charge in [0.1, 0.15) is 0 Å². The van der Waals surface area contributed by atoms with Gasteiger partial charge in [-0.3, -0.25) is 15.6 Å². The van der Waals surface area contributed by atoms with Crippen LogP contribution >= 0.6 is 35.4 Å². The number of thiocarbonyl (C=S) groups is 1. The minimum absolute atomic E-state index is 0.0453. The molecule has 0 aliphatic heterocycles. The van der Waals surface area contributed by atoms with Crippen LogP contribution in [0.4, 0.5) is 0 Å². The van der Waals surface area contributed by atoms with Gasteiger partial charge in [0.25, 0.3) is 0 Å². The fourth-order valence-electron chi connectivity index (χ4n) is 1.90. The fourth-order valence-corrected chi connectivity index (χ4v) is 2.54. The number of rotatable bonds is 6. The lowest BCUT2D eigenvalue weighted by Crippen LogP contribution is -2.46. The Morgan fingerprint density at radius 2 is 1.90 bits per heavy atom. The summed E-state index contributed by atoms with van der Waals surface area (Å²) in [6.07, 6.45) is 3.40. The van der Waals surface area contributed by atoms with Gasteiger partial charge in [0.15, 0.2) is 5.11 Å². The van der Waals surface area contributed by atoms with E-state index in [0.29, 0.717) is 10.0 Å².